The van der Waals surface area contributed by atoms with Crippen LogP contribution in [0.25, 0.3) is 11.4 Å². The van der Waals surface area contributed by atoms with Gasteiger partial charge in [-0.15, -0.1) is 0 Å². The lowest BCUT2D eigenvalue weighted by atomic mass is 9.81. The minimum Gasteiger partial charge on any atom is -0.491 e. The number of imide groups is 1. The second kappa shape index (κ2) is 9.76. The second-order valence-corrected chi connectivity index (χ2v) is 10.0. The van der Waals surface area contributed by atoms with Gasteiger partial charge in [0.05, 0.1) is 17.7 Å². The molecule has 2 aliphatic rings. The fourth-order valence-corrected chi connectivity index (χ4v) is 5.21. The highest BCUT2D eigenvalue weighted by molar-refractivity contribution is 6.17. The Morgan fingerprint density at radius 3 is 2.56 bits per heavy atom. The lowest BCUT2D eigenvalue weighted by Crippen LogP contribution is -2.62. The molecule has 1 aromatic heterocycles. The van der Waals surface area contributed by atoms with E-state index in [0.29, 0.717) is 17.4 Å². The number of anilines is 1. The van der Waals surface area contributed by atoms with Crippen LogP contribution in [0, 0.1) is 19.8 Å². The van der Waals surface area contributed by atoms with Crippen LogP contribution in [0.5, 0.6) is 5.75 Å². The Morgan fingerprint density at radius 2 is 1.81 bits per heavy atom. The van der Waals surface area contributed by atoms with Crippen LogP contribution in [-0.2, 0) is 11.3 Å². The zero-order valence-corrected chi connectivity index (χ0v) is 21.2. The van der Waals surface area contributed by atoms with Crippen molar-refractivity contribution in [2.75, 3.05) is 4.90 Å². The Hall–Kier alpha value is -3.68. The number of carbonyl (C=O) groups excluding carboxylic acids is 2. The topological polar surface area (TPSA) is 88.8 Å². The van der Waals surface area contributed by atoms with E-state index in [1.165, 1.54) is 4.90 Å². The first-order valence-electron chi connectivity index (χ1n) is 12.6. The summed E-state index contributed by atoms with van der Waals surface area (Å²) in [5.41, 5.74) is 3.34. The van der Waals surface area contributed by atoms with E-state index in [2.05, 4.69) is 10.1 Å². The van der Waals surface area contributed by atoms with Crippen molar-refractivity contribution in [3.05, 3.63) is 59.5 Å². The summed E-state index contributed by atoms with van der Waals surface area (Å²) >= 11 is 0. The van der Waals surface area contributed by atoms with E-state index in [1.54, 1.807) is 4.90 Å². The lowest BCUT2D eigenvalue weighted by molar-refractivity contribution is -0.127. The van der Waals surface area contributed by atoms with E-state index in [0.717, 1.165) is 48.1 Å². The van der Waals surface area contributed by atoms with Crippen molar-refractivity contribution in [1.82, 2.24) is 15.0 Å². The van der Waals surface area contributed by atoms with Gasteiger partial charge in [-0.2, -0.15) is 4.98 Å². The maximum atomic E-state index is 13.8. The van der Waals surface area contributed by atoms with Crippen LogP contribution < -0.4 is 9.64 Å². The van der Waals surface area contributed by atoms with Gasteiger partial charge in [0.2, 0.25) is 17.6 Å². The Labute approximate surface area is 211 Å². The minimum absolute atomic E-state index is 0.0911. The molecule has 3 amide bonds. The van der Waals surface area contributed by atoms with E-state index in [1.807, 2.05) is 70.2 Å². The molecule has 1 saturated heterocycles. The summed E-state index contributed by atoms with van der Waals surface area (Å²) in [5.74, 6) is 1.24. The summed E-state index contributed by atoms with van der Waals surface area (Å²) in [4.78, 5) is 35.0. The summed E-state index contributed by atoms with van der Waals surface area (Å²) in [7, 11) is 0. The SMILES string of the molecule is Cc1ccc(C)c(N2C(=O)C3CCCCC3N(Cc3nc(-c4ccc(OC(C)C)cc4)no3)C2=O)c1. The van der Waals surface area contributed by atoms with Gasteiger partial charge in [-0.25, -0.2) is 9.69 Å². The lowest BCUT2D eigenvalue weighted by Gasteiger charge is -2.46. The molecule has 0 N–H and O–H groups in total. The molecule has 3 aromatic rings. The number of nitrogens with zero attached hydrogens (tertiary/aromatic N) is 4. The highest BCUT2D eigenvalue weighted by Crippen LogP contribution is 2.38. The van der Waals surface area contributed by atoms with Crippen molar-refractivity contribution in [1.29, 1.82) is 0 Å². The number of urea groups is 1. The largest absolute Gasteiger partial charge is 0.491 e. The molecule has 8 heteroatoms. The van der Waals surface area contributed by atoms with Crippen LogP contribution in [0.2, 0.25) is 0 Å². The molecular weight excluding hydrogens is 456 g/mol. The number of rotatable bonds is 6. The first kappa shape index (κ1) is 24.0. The number of aryl methyl sites for hydroxylation is 2. The van der Waals surface area contributed by atoms with Crippen LogP contribution in [0.3, 0.4) is 0 Å². The zero-order valence-electron chi connectivity index (χ0n) is 21.2. The van der Waals surface area contributed by atoms with E-state index < -0.39 is 0 Å². The number of fused-ring (bicyclic) bond motifs is 1. The summed E-state index contributed by atoms with van der Waals surface area (Å²) in [6.07, 6.45) is 3.63. The second-order valence-electron chi connectivity index (χ2n) is 10.0. The first-order chi connectivity index (χ1) is 17.3. The maximum absolute atomic E-state index is 13.8. The predicted molar refractivity (Wildman–Crippen MR) is 136 cm³/mol. The van der Waals surface area contributed by atoms with Crippen molar-refractivity contribution in [3.8, 4) is 17.1 Å². The predicted octanol–water partition coefficient (Wildman–Crippen LogP) is 5.67. The molecule has 36 heavy (non-hydrogen) atoms. The number of hydrogen-bond donors (Lipinski definition) is 0. The molecule has 2 aromatic carbocycles. The maximum Gasteiger partial charge on any atom is 0.332 e. The number of ether oxygens (including phenoxy) is 1. The van der Waals surface area contributed by atoms with Crippen molar-refractivity contribution >= 4 is 17.6 Å². The first-order valence-corrected chi connectivity index (χ1v) is 12.6. The average Bonchev–Trinajstić information content (AvgIpc) is 3.33. The van der Waals surface area contributed by atoms with Gasteiger partial charge in [0.15, 0.2) is 0 Å². The van der Waals surface area contributed by atoms with Gasteiger partial charge in [0.1, 0.15) is 12.3 Å². The van der Waals surface area contributed by atoms with Gasteiger partial charge in [0.25, 0.3) is 0 Å². The summed E-state index contributed by atoms with van der Waals surface area (Å²) in [5, 5.41) is 4.14. The third-order valence-corrected chi connectivity index (χ3v) is 6.97. The average molecular weight is 489 g/mol. The van der Waals surface area contributed by atoms with Gasteiger partial charge in [0, 0.05) is 11.6 Å². The molecule has 1 saturated carbocycles. The normalized spacial score (nSPS) is 20.1. The standard InChI is InChI=1S/C28H32N4O4/c1-17(2)35-21-13-11-20(12-14-21)26-29-25(36-30-26)16-31-23-8-6-5-7-22(23)27(33)32(28(31)34)24-15-18(3)9-10-19(24)4/h9-15,17,22-23H,5-8,16H2,1-4H3. The van der Waals surface area contributed by atoms with Crippen molar-refractivity contribution in [2.24, 2.45) is 5.92 Å². The van der Waals surface area contributed by atoms with E-state index in [9.17, 15) is 9.59 Å². The van der Waals surface area contributed by atoms with Gasteiger partial charge in [-0.3, -0.25) is 4.79 Å². The molecule has 2 fully saturated rings. The molecule has 5 rings (SSSR count). The number of benzene rings is 2. The summed E-state index contributed by atoms with van der Waals surface area (Å²) in [6.45, 7) is 8.01. The highest BCUT2D eigenvalue weighted by Gasteiger charge is 2.48. The van der Waals surface area contributed by atoms with E-state index in [4.69, 9.17) is 9.26 Å². The molecule has 0 bridgehead atoms. The number of hydrogen-bond acceptors (Lipinski definition) is 6. The highest BCUT2D eigenvalue weighted by atomic mass is 16.5. The Morgan fingerprint density at radius 1 is 1.06 bits per heavy atom. The number of carbonyl (C=O) groups is 2. The summed E-state index contributed by atoms with van der Waals surface area (Å²) in [6, 6.07) is 12.9. The molecule has 0 radical (unpaired) electrons. The third-order valence-electron chi connectivity index (χ3n) is 6.97. The Bertz CT molecular complexity index is 1270. The van der Waals surface area contributed by atoms with Crippen LogP contribution in [0.1, 0.15) is 56.5 Å². The Balaban J connectivity index is 1.42. The molecule has 8 nitrogen and oxygen atoms in total. The van der Waals surface area contributed by atoms with E-state index >= 15 is 0 Å². The molecule has 188 valence electrons. The zero-order chi connectivity index (χ0) is 25.4. The fraction of sp³-hybridized carbons (Fsp3) is 0.429. The molecule has 0 spiro atoms. The minimum atomic E-state index is -0.327. The monoisotopic (exact) mass is 488 g/mol. The van der Waals surface area contributed by atoms with E-state index in [-0.39, 0.29) is 36.5 Å². The van der Waals surface area contributed by atoms with Crippen molar-refractivity contribution in [2.45, 2.75) is 72.1 Å². The molecule has 2 atom stereocenters. The van der Waals surface area contributed by atoms with Crippen molar-refractivity contribution in [3.63, 3.8) is 0 Å². The third kappa shape index (κ3) is 4.59. The van der Waals surface area contributed by atoms with Crippen LogP contribution in [0.15, 0.2) is 47.0 Å². The van der Waals surface area contributed by atoms with Gasteiger partial charge in [-0.05, 0) is 82.0 Å². The smallest absolute Gasteiger partial charge is 0.332 e. The van der Waals surface area contributed by atoms with Crippen LogP contribution >= 0.6 is 0 Å². The Kier molecular flexibility index (Phi) is 6.51. The summed E-state index contributed by atoms with van der Waals surface area (Å²) < 4.78 is 11.3. The number of amides is 3. The molecule has 2 unspecified atom stereocenters. The van der Waals surface area contributed by atoms with Crippen LogP contribution in [-0.4, -0.2) is 39.1 Å². The van der Waals surface area contributed by atoms with Crippen LogP contribution in [0.4, 0.5) is 10.5 Å². The molecule has 1 aliphatic heterocycles. The number of aromatic nitrogens is 2. The quantitative estimate of drug-likeness (QED) is 0.444. The van der Waals surface area contributed by atoms with Gasteiger partial charge < -0.3 is 14.2 Å². The fourth-order valence-electron chi connectivity index (χ4n) is 5.21. The van der Waals surface area contributed by atoms with Gasteiger partial charge in [-0.1, -0.05) is 30.1 Å². The molecule has 2 heterocycles. The molecular formula is C28H32N4O4. The van der Waals surface area contributed by atoms with Crippen molar-refractivity contribution < 1.29 is 18.8 Å². The van der Waals surface area contributed by atoms with Gasteiger partial charge >= 0.3 is 6.03 Å². The molecule has 1 aliphatic carbocycles.